The van der Waals surface area contributed by atoms with Crippen LogP contribution in [0.3, 0.4) is 0 Å². The Labute approximate surface area is 145 Å². The van der Waals surface area contributed by atoms with Crippen LogP contribution in [-0.4, -0.2) is 17.4 Å². The second-order valence-electron chi connectivity index (χ2n) is 5.84. The van der Waals surface area contributed by atoms with Crippen LogP contribution < -0.4 is 4.90 Å². The molecule has 3 rings (SSSR count). The van der Waals surface area contributed by atoms with Crippen LogP contribution in [0.4, 0.5) is 11.4 Å². The van der Waals surface area contributed by atoms with E-state index in [-0.39, 0.29) is 11.6 Å². The van der Waals surface area contributed by atoms with E-state index in [1.807, 2.05) is 49.4 Å². The molecule has 0 aliphatic carbocycles. The van der Waals surface area contributed by atoms with Gasteiger partial charge in [-0.05, 0) is 48.9 Å². The quantitative estimate of drug-likeness (QED) is 0.512. The minimum absolute atomic E-state index is 0.0188. The van der Waals surface area contributed by atoms with E-state index in [0.29, 0.717) is 17.7 Å². The summed E-state index contributed by atoms with van der Waals surface area (Å²) in [7, 11) is 0. The molecule has 0 N–H and O–H groups in total. The van der Waals surface area contributed by atoms with Crippen molar-refractivity contribution in [2.75, 3.05) is 11.4 Å². The summed E-state index contributed by atoms with van der Waals surface area (Å²) < 4.78 is 0. The molecule has 0 unspecified atom stereocenters. The van der Waals surface area contributed by atoms with Gasteiger partial charge in [0.2, 0.25) is 0 Å². The topological polar surface area (TPSA) is 63.5 Å². The van der Waals surface area contributed by atoms with Crippen molar-refractivity contribution in [3.05, 3.63) is 81.9 Å². The van der Waals surface area contributed by atoms with E-state index in [4.69, 9.17) is 0 Å². The van der Waals surface area contributed by atoms with Crippen molar-refractivity contribution in [2.45, 2.75) is 13.8 Å². The summed E-state index contributed by atoms with van der Waals surface area (Å²) in [5.41, 5.74) is 1.75. The predicted octanol–water partition coefficient (Wildman–Crippen LogP) is 4.72. The predicted molar refractivity (Wildman–Crippen MR) is 99.1 cm³/mol. The minimum atomic E-state index is -0.440. The van der Waals surface area contributed by atoms with Gasteiger partial charge < -0.3 is 4.90 Å². The van der Waals surface area contributed by atoms with Gasteiger partial charge in [0.25, 0.3) is 11.6 Å². The number of rotatable bonds is 4. The van der Waals surface area contributed by atoms with Gasteiger partial charge in [-0.3, -0.25) is 14.9 Å². The highest BCUT2D eigenvalue weighted by molar-refractivity contribution is 6.07. The molecule has 3 aromatic rings. The zero-order valence-corrected chi connectivity index (χ0v) is 14.1. The number of fused-ring (bicyclic) bond motifs is 1. The molecule has 1 amide bonds. The van der Waals surface area contributed by atoms with Crippen molar-refractivity contribution >= 4 is 28.1 Å². The first-order valence-electron chi connectivity index (χ1n) is 8.07. The summed E-state index contributed by atoms with van der Waals surface area (Å²) >= 11 is 0. The zero-order chi connectivity index (χ0) is 18.0. The lowest BCUT2D eigenvalue weighted by Crippen LogP contribution is -2.30. The lowest BCUT2D eigenvalue weighted by Gasteiger charge is -2.22. The van der Waals surface area contributed by atoms with Crippen LogP contribution in [0.1, 0.15) is 22.8 Å². The first-order valence-corrected chi connectivity index (χ1v) is 8.07. The molecule has 0 spiro atoms. The van der Waals surface area contributed by atoms with E-state index < -0.39 is 4.92 Å². The molecule has 0 heterocycles. The maximum Gasteiger partial charge on any atom is 0.272 e. The molecular formula is C20H18N2O3. The van der Waals surface area contributed by atoms with Gasteiger partial charge in [-0.1, -0.05) is 30.3 Å². The second kappa shape index (κ2) is 6.73. The third-order valence-electron chi connectivity index (χ3n) is 4.25. The molecular weight excluding hydrogens is 316 g/mol. The lowest BCUT2D eigenvalue weighted by molar-refractivity contribution is -0.385. The van der Waals surface area contributed by atoms with Crippen LogP contribution in [0.2, 0.25) is 0 Å². The molecule has 0 radical (unpaired) electrons. The number of carbonyl (C=O) groups is 1. The number of nitrogens with zero attached hydrogens (tertiary/aromatic N) is 2. The Balaban J connectivity index is 1.97. The Bertz CT molecular complexity index is 966. The number of amides is 1. The highest BCUT2D eigenvalue weighted by Crippen LogP contribution is 2.25. The first-order chi connectivity index (χ1) is 12.0. The van der Waals surface area contributed by atoms with Crippen molar-refractivity contribution in [2.24, 2.45) is 0 Å². The van der Waals surface area contributed by atoms with E-state index in [2.05, 4.69) is 0 Å². The maximum absolute atomic E-state index is 12.9. The second-order valence-corrected chi connectivity index (χ2v) is 5.84. The molecule has 0 saturated carbocycles. The minimum Gasteiger partial charge on any atom is -0.309 e. The average Bonchev–Trinajstić information content (AvgIpc) is 2.61. The SMILES string of the molecule is CCN(C(=O)c1ccc([N+](=O)[O-])c(C)c1)c1ccc2ccccc2c1. The standard InChI is InChI=1S/C20H18N2O3/c1-3-21(18-10-8-15-6-4-5-7-16(15)13-18)20(23)17-9-11-19(22(24)25)14(2)12-17/h4-13H,3H2,1-2H3. The Kier molecular flexibility index (Phi) is 4.48. The van der Waals surface area contributed by atoms with Crippen LogP contribution in [0.15, 0.2) is 60.7 Å². The number of nitro groups is 1. The molecule has 5 heteroatoms. The van der Waals surface area contributed by atoms with E-state index in [1.165, 1.54) is 12.1 Å². The van der Waals surface area contributed by atoms with Gasteiger partial charge in [0.05, 0.1) is 4.92 Å². The van der Waals surface area contributed by atoms with Crippen LogP contribution >= 0.6 is 0 Å². The molecule has 0 bridgehead atoms. The highest BCUT2D eigenvalue weighted by Gasteiger charge is 2.19. The molecule has 25 heavy (non-hydrogen) atoms. The van der Waals surface area contributed by atoms with Crippen LogP contribution in [0.25, 0.3) is 10.8 Å². The normalized spacial score (nSPS) is 10.6. The van der Waals surface area contributed by atoms with Gasteiger partial charge in [0.15, 0.2) is 0 Å². The smallest absolute Gasteiger partial charge is 0.272 e. The Morgan fingerprint density at radius 3 is 2.40 bits per heavy atom. The summed E-state index contributed by atoms with van der Waals surface area (Å²) in [4.78, 5) is 25.1. The van der Waals surface area contributed by atoms with E-state index in [9.17, 15) is 14.9 Å². The molecule has 0 aromatic heterocycles. The summed E-state index contributed by atoms with van der Waals surface area (Å²) in [6.45, 7) is 4.06. The van der Waals surface area contributed by atoms with Crippen LogP contribution in [0, 0.1) is 17.0 Å². The number of hydrogen-bond acceptors (Lipinski definition) is 3. The van der Waals surface area contributed by atoms with Gasteiger partial charge in [0.1, 0.15) is 0 Å². The summed E-state index contributed by atoms with van der Waals surface area (Å²) in [6, 6.07) is 18.3. The largest absolute Gasteiger partial charge is 0.309 e. The number of carbonyl (C=O) groups excluding carboxylic acids is 1. The number of aryl methyl sites for hydroxylation is 1. The number of anilines is 1. The van der Waals surface area contributed by atoms with Crippen molar-refractivity contribution < 1.29 is 9.72 Å². The van der Waals surface area contributed by atoms with Gasteiger partial charge in [-0.15, -0.1) is 0 Å². The molecule has 0 aliphatic heterocycles. The van der Waals surface area contributed by atoms with E-state index in [0.717, 1.165) is 16.5 Å². The third kappa shape index (κ3) is 3.21. The van der Waals surface area contributed by atoms with Gasteiger partial charge in [0, 0.05) is 29.4 Å². The van der Waals surface area contributed by atoms with Crippen molar-refractivity contribution in [3.8, 4) is 0 Å². The lowest BCUT2D eigenvalue weighted by atomic mass is 10.1. The van der Waals surface area contributed by atoms with Gasteiger partial charge in [-0.25, -0.2) is 0 Å². The van der Waals surface area contributed by atoms with E-state index in [1.54, 1.807) is 17.9 Å². The van der Waals surface area contributed by atoms with Gasteiger partial charge in [-0.2, -0.15) is 0 Å². The van der Waals surface area contributed by atoms with E-state index >= 15 is 0 Å². The Morgan fingerprint density at radius 2 is 1.76 bits per heavy atom. The molecule has 0 fully saturated rings. The first kappa shape index (κ1) is 16.6. The van der Waals surface area contributed by atoms with Crippen molar-refractivity contribution in [1.82, 2.24) is 0 Å². The monoisotopic (exact) mass is 334 g/mol. The number of nitro benzene ring substituents is 1. The third-order valence-corrected chi connectivity index (χ3v) is 4.25. The number of benzene rings is 3. The molecule has 0 aliphatic rings. The molecule has 126 valence electrons. The highest BCUT2D eigenvalue weighted by atomic mass is 16.6. The Morgan fingerprint density at radius 1 is 1.04 bits per heavy atom. The van der Waals surface area contributed by atoms with Gasteiger partial charge >= 0.3 is 0 Å². The average molecular weight is 334 g/mol. The van der Waals surface area contributed by atoms with Crippen molar-refractivity contribution in [3.63, 3.8) is 0 Å². The summed E-state index contributed by atoms with van der Waals surface area (Å²) in [6.07, 6.45) is 0. The maximum atomic E-state index is 12.9. The summed E-state index contributed by atoms with van der Waals surface area (Å²) in [5, 5.41) is 13.1. The fraction of sp³-hybridized carbons (Fsp3) is 0.150. The van der Waals surface area contributed by atoms with Crippen LogP contribution in [0.5, 0.6) is 0 Å². The van der Waals surface area contributed by atoms with Crippen LogP contribution in [-0.2, 0) is 0 Å². The fourth-order valence-corrected chi connectivity index (χ4v) is 2.94. The molecule has 0 atom stereocenters. The molecule has 5 nitrogen and oxygen atoms in total. The molecule has 3 aromatic carbocycles. The fourth-order valence-electron chi connectivity index (χ4n) is 2.94. The summed E-state index contributed by atoms with van der Waals surface area (Å²) in [5.74, 6) is -0.171. The van der Waals surface area contributed by atoms with Crippen molar-refractivity contribution in [1.29, 1.82) is 0 Å². The zero-order valence-electron chi connectivity index (χ0n) is 14.1. The number of hydrogen-bond donors (Lipinski definition) is 0. The molecule has 0 saturated heterocycles. The Hall–Kier alpha value is -3.21.